The number of amides is 1. The summed E-state index contributed by atoms with van der Waals surface area (Å²) in [5, 5.41) is 3.43. The van der Waals surface area contributed by atoms with E-state index in [0.29, 0.717) is 12.0 Å². The van der Waals surface area contributed by atoms with E-state index < -0.39 is 0 Å². The Labute approximate surface area is 127 Å². The number of piperidine rings is 1. The largest absolute Gasteiger partial charge is 0.335 e. The van der Waals surface area contributed by atoms with E-state index in [1.165, 1.54) is 24.8 Å². The van der Waals surface area contributed by atoms with Gasteiger partial charge in [-0.3, -0.25) is 4.79 Å². The Morgan fingerprint density at radius 2 is 1.95 bits per heavy atom. The van der Waals surface area contributed by atoms with Gasteiger partial charge in [0.25, 0.3) is 5.91 Å². The average Bonchev–Trinajstić information content (AvgIpc) is 3.00. The number of hydrogen-bond acceptors (Lipinski definition) is 2. The van der Waals surface area contributed by atoms with Crippen molar-refractivity contribution in [2.24, 2.45) is 5.92 Å². The van der Waals surface area contributed by atoms with E-state index >= 15 is 0 Å². The van der Waals surface area contributed by atoms with Crippen LogP contribution in [-0.4, -0.2) is 36.5 Å². The molecule has 1 aromatic carbocycles. The quantitative estimate of drug-likeness (QED) is 0.906. The zero-order valence-electron chi connectivity index (χ0n) is 13.2. The molecule has 2 aliphatic heterocycles. The van der Waals surface area contributed by atoms with Gasteiger partial charge >= 0.3 is 0 Å². The second-order valence-corrected chi connectivity index (χ2v) is 6.54. The molecule has 1 unspecified atom stereocenters. The van der Waals surface area contributed by atoms with Crippen LogP contribution in [0.25, 0.3) is 0 Å². The number of carbonyl (C=O) groups excluding carboxylic acids is 1. The van der Waals surface area contributed by atoms with Gasteiger partial charge in [0.1, 0.15) is 0 Å². The lowest BCUT2D eigenvalue weighted by atomic mass is 9.88. The maximum Gasteiger partial charge on any atom is 0.254 e. The van der Waals surface area contributed by atoms with Crippen LogP contribution in [0.15, 0.2) is 18.2 Å². The highest BCUT2D eigenvalue weighted by atomic mass is 16.2. The third-order valence-corrected chi connectivity index (χ3v) is 5.32. The molecule has 0 aromatic heterocycles. The summed E-state index contributed by atoms with van der Waals surface area (Å²) in [5.41, 5.74) is 3.24. The molecule has 0 saturated carbocycles. The van der Waals surface area contributed by atoms with Crippen LogP contribution in [-0.2, 0) is 0 Å². The van der Waals surface area contributed by atoms with E-state index in [1.807, 2.05) is 12.1 Å². The van der Waals surface area contributed by atoms with Gasteiger partial charge < -0.3 is 10.2 Å². The van der Waals surface area contributed by atoms with E-state index in [2.05, 4.69) is 30.1 Å². The van der Waals surface area contributed by atoms with Crippen molar-refractivity contribution >= 4 is 5.91 Å². The molecule has 2 heterocycles. The minimum Gasteiger partial charge on any atom is -0.335 e. The number of carbonyl (C=O) groups is 1. The van der Waals surface area contributed by atoms with Gasteiger partial charge in [-0.25, -0.2) is 0 Å². The van der Waals surface area contributed by atoms with E-state index in [9.17, 15) is 4.79 Å². The van der Waals surface area contributed by atoms with Gasteiger partial charge in [0.15, 0.2) is 0 Å². The topological polar surface area (TPSA) is 32.3 Å². The van der Waals surface area contributed by atoms with Crippen LogP contribution in [0.2, 0.25) is 0 Å². The second-order valence-electron chi connectivity index (χ2n) is 6.54. The Morgan fingerprint density at radius 3 is 2.71 bits per heavy atom. The predicted octanol–water partition coefficient (Wildman–Crippen LogP) is 2.91. The Balaban J connectivity index is 1.81. The van der Waals surface area contributed by atoms with Crippen molar-refractivity contribution in [1.82, 2.24) is 10.2 Å². The zero-order valence-corrected chi connectivity index (χ0v) is 13.2. The molecule has 0 radical (unpaired) electrons. The summed E-state index contributed by atoms with van der Waals surface area (Å²) >= 11 is 0. The number of rotatable bonds is 2. The Morgan fingerprint density at radius 1 is 1.19 bits per heavy atom. The molecule has 0 bridgehead atoms. The van der Waals surface area contributed by atoms with Crippen LogP contribution in [0.3, 0.4) is 0 Å². The smallest absolute Gasteiger partial charge is 0.254 e. The molecule has 3 rings (SSSR count). The fraction of sp³-hybridized carbons (Fsp3) is 0.611. The molecule has 3 heteroatoms. The molecular formula is C18H26N2O. The maximum atomic E-state index is 13.0. The Bertz CT molecular complexity index is 520. The summed E-state index contributed by atoms with van der Waals surface area (Å²) in [4.78, 5) is 15.1. The number of likely N-dealkylation sites (tertiary alicyclic amines) is 1. The summed E-state index contributed by atoms with van der Waals surface area (Å²) in [6.07, 6.45) is 4.76. The van der Waals surface area contributed by atoms with Gasteiger partial charge in [0.05, 0.1) is 0 Å². The molecule has 2 saturated heterocycles. The van der Waals surface area contributed by atoms with E-state index in [1.54, 1.807) is 0 Å². The predicted molar refractivity (Wildman–Crippen MR) is 85.6 cm³/mol. The molecule has 1 amide bonds. The van der Waals surface area contributed by atoms with Crippen molar-refractivity contribution in [2.75, 3.05) is 19.6 Å². The highest BCUT2D eigenvalue weighted by Gasteiger charge is 2.35. The summed E-state index contributed by atoms with van der Waals surface area (Å²) in [6.45, 7) is 7.29. The van der Waals surface area contributed by atoms with Crippen LogP contribution in [0.1, 0.15) is 47.2 Å². The van der Waals surface area contributed by atoms with E-state index in [-0.39, 0.29) is 5.91 Å². The molecule has 1 atom stereocenters. The monoisotopic (exact) mass is 286 g/mol. The van der Waals surface area contributed by atoms with Gasteiger partial charge in [-0.1, -0.05) is 12.1 Å². The van der Waals surface area contributed by atoms with Crippen LogP contribution in [0, 0.1) is 19.8 Å². The molecule has 21 heavy (non-hydrogen) atoms. The summed E-state index contributed by atoms with van der Waals surface area (Å²) in [7, 11) is 0. The molecular weight excluding hydrogens is 260 g/mol. The lowest BCUT2D eigenvalue weighted by molar-refractivity contribution is 0.0665. The number of aryl methyl sites for hydroxylation is 1. The van der Waals surface area contributed by atoms with Crippen molar-refractivity contribution < 1.29 is 4.79 Å². The molecule has 3 nitrogen and oxygen atoms in total. The van der Waals surface area contributed by atoms with Crippen LogP contribution < -0.4 is 5.32 Å². The molecule has 114 valence electrons. The number of nitrogens with one attached hydrogen (secondary N) is 1. The first-order valence-corrected chi connectivity index (χ1v) is 8.26. The number of benzene rings is 1. The normalized spacial score (nSPS) is 23.5. The van der Waals surface area contributed by atoms with E-state index in [0.717, 1.165) is 37.2 Å². The molecule has 2 fully saturated rings. The molecule has 0 aliphatic carbocycles. The third kappa shape index (κ3) is 2.84. The minimum atomic E-state index is 0.247. The molecule has 0 spiro atoms. The second kappa shape index (κ2) is 6.18. The Kier molecular flexibility index (Phi) is 4.29. The molecule has 1 aromatic rings. The first-order valence-electron chi connectivity index (χ1n) is 8.26. The third-order valence-electron chi connectivity index (χ3n) is 5.32. The fourth-order valence-electron chi connectivity index (χ4n) is 3.90. The van der Waals surface area contributed by atoms with Crippen molar-refractivity contribution in [1.29, 1.82) is 0 Å². The van der Waals surface area contributed by atoms with Crippen molar-refractivity contribution in [2.45, 2.75) is 45.6 Å². The van der Waals surface area contributed by atoms with Crippen molar-refractivity contribution in [3.05, 3.63) is 34.9 Å². The van der Waals surface area contributed by atoms with E-state index in [4.69, 9.17) is 0 Å². The van der Waals surface area contributed by atoms with Gasteiger partial charge in [0.2, 0.25) is 0 Å². The SMILES string of the molecule is Cc1cccc(C(=O)N2CCCC2C2CCNCC2)c1C. The highest BCUT2D eigenvalue weighted by molar-refractivity contribution is 5.96. The Hall–Kier alpha value is -1.35. The molecule has 1 N–H and O–H groups in total. The van der Waals surface area contributed by atoms with Crippen LogP contribution >= 0.6 is 0 Å². The average molecular weight is 286 g/mol. The first kappa shape index (κ1) is 14.6. The van der Waals surface area contributed by atoms with Gasteiger partial charge in [0, 0.05) is 18.2 Å². The van der Waals surface area contributed by atoms with Gasteiger partial charge in [-0.2, -0.15) is 0 Å². The lowest BCUT2D eigenvalue weighted by Gasteiger charge is -2.34. The number of hydrogen-bond donors (Lipinski definition) is 1. The lowest BCUT2D eigenvalue weighted by Crippen LogP contribution is -2.44. The summed E-state index contributed by atoms with van der Waals surface area (Å²) < 4.78 is 0. The summed E-state index contributed by atoms with van der Waals surface area (Å²) in [5.74, 6) is 0.931. The van der Waals surface area contributed by atoms with Crippen LogP contribution in [0.5, 0.6) is 0 Å². The zero-order chi connectivity index (χ0) is 14.8. The summed E-state index contributed by atoms with van der Waals surface area (Å²) in [6, 6.07) is 6.54. The standard InChI is InChI=1S/C18H26N2O/c1-13-5-3-6-16(14(13)2)18(21)20-12-4-7-17(20)15-8-10-19-11-9-15/h3,5-6,15,17,19H,4,7-12H2,1-2H3. The maximum absolute atomic E-state index is 13.0. The van der Waals surface area contributed by atoms with Gasteiger partial charge in [-0.05, 0) is 75.7 Å². The van der Waals surface area contributed by atoms with Crippen molar-refractivity contribution in [3.63, 3.8) is 0 Å². The van der Waals surface area contributed by atoms with Gasteiger partial charge in [-0.15, -0.1) is 0 Å². The highest BCUT2D eigenvalue weighted by Crippen LogP contribution is 2.31. The van der Waals surface area contributed by atoms with Crippen molar-refractivity contribution in [3.8, 4) is 0 Å². The number of nitrogens with zero attached hydrogens (tertiary/aromatic N) is 1. The first-order chi connectivity index (χ1) is 10.2. The van der Waals surface area contributed by atoms with Crippen LogP contribution in [0.4, 0.5) is 0 Å². The fourth-order valence-corrected chi connectivity index (χ4v) is 3.90. The minimum absolute atomic E-state index is 0.247. The molecule has 2 aliphatic rings.